The van der Waals surface area contributed by atoms with Crippen LogP contribution in [0.3, 0.4) is 0 Å². The molecule has 0 bridgehead atoms. The molecule has 0 radical (unpaired) electrons. The molecule has 0 spiro atoms. The molecule has 1 amide bonds. The van der Waals surface area contributed by atoms with E-state index in [2.05, 4.69) is 59.0 Å². The van der Waals surface area contributed by atoms with Crippen LogP contribution in [-0.4, -0.2) is 31.9 Å². The van der Waals surface area contributed by atoms with Crippen molar-refractivity contribution in [2.45, 2.75) is 52.1 Å². The number of hydrogen-bond donors (Lipinski definition) is 1. The van der Waals surface area contributed by atoms with Crippen LogP contribution < -0.4 is 5.32 Å². The molecule has 7 heteroatoms. The van der Waals surface area contributed by atoms with Gasteiger partial charge in [0.25, 0.3) is 0 Å². The van der Waals surface area contributed by atoms with Crippen LogP contribution in [0.1, 0.15) is 42.0 Å². The van der Waals surface area contributed by atoms with E-state index in [-0.39, 0.29) is 11.7 Å². The first-order valence-corrected chi connectivity index (χ1v) is 10.8. The standard InChI is InChI=1S/C22H27N5OS/c1-5-6-7-18-8-10-19(11-9-18)27-22(24-25-26-27)29-14-20(28)23-21-16(3)12-15(2)13-17(21)4/h8-13H,5-7,14H2,1-4H3,(H,23,28). The Hall–Kier alpha value is -2.67. The Morgan fingerprint density at radius 3 is 2.45 bits per heavy atom. The van der Waals surface area contributed by atoms with Crippen molar-refractivity contribution < 1.29 is 4.79 Å². The molecule has 1 N–H and O–H groups in total. The van der Waals surface area contributed by atoms with Gasteiger partial charge in [-0.25, -0.2) is 0 Å². The summed E-state index contributed by atoms with van der Waals surface area (Å²) in [6.45, 7) is 8.26. The third-order valence-corrected chi connectivity index (χ3v) is 5.63. The predicted octanol–water partition coefficient (Wildman–Crippen LogP) is 4.66. The predicted molar refractivity (Wildman–Crippen MR) is 118 cm³/mol. The van der Waals surface area contributed by atoms with Crippen LogP contribution in [0.2, 0.25) is 0 Å². The molecule has 0 saturated heterocycles. The molecular formula is C22H27N5OS. The third-order valence-electron chi connectivity index (χ3n) is 4.71. The van der Waals surface area contributed by atoms with Crippen LogP contribution in [0, 0.1) is 20.8 Å². The minimum absolute atomic E-state index is 0.0745. The van der Waals surface area contributed by atoms with Crippen molar-refractivity contribution in [1.29, 1.82) is 0 Å². The Bertz CT molecular complexity index is 958. The van der Waals surface area contributed by atoms with Gasteiger partial charge in [0.1, 0.15) is 0 Å². The molecule has 3 rings (SSSR count). The maximum Gasteiger partial charge on any atom is 0.234 e. The minimum atomic E-state index is -0.0745. The normalized spacial score (nSPS) is 10.9. The Morgan fingerprint density at radius 1 is 1.10 bits per heavy atom. The van der Waals surface area contributed by atoms with Gasteiger partial charge >= 0.3 is 0 Å². The monoisotopic (exact) mass is 409 g/mol. The number of nitrogens with zero attached hydrogens (tertiary/aromatic N) is 4. The van der Waals surface area contributed by atoms with Crippen LogP contribution in [0.25, 0.3) is 5.69 Å². The maximum absolute atomic E-state index is 12.5. The van der Waals surface area contributed by atoms with Gasteiger partial charge < -0.3 is 5.32 Å². The number of aryl methyl sites for hydroxylation is 4. The zero-order chi connectivity index (χ0) is 20.8. The number of thioether (sulfide) groups is 1. The quantitative estimate of drug-likeness (QED) is 0.548. The summed E-state index contributed by atoms with van der Waals surface area (Å²) in [4.78, 5) is 12.5. The Balaban J connectivity index is 1.64. The molecule has 2 aromatic carbocycles. The second-order valence-electron chi connectivity index (χ2n) is 7.25. The van der Waals surface area contributed by atoms with Crippen LogP contribution in [0.5, 0.6) is 0 Å². The van der Waals surface area contributed by atoms with E-state index in [1.165, 1.54) is 35.7 Å². The number of tetrazole rings is 1. The highest BCUT2D eigenvalue weighted by Crippen LogP contribution is 2.23. The lowest BCUT2D eigenvalue weighted by Crippen LogP contribution is -2.16. The average molecular weight is 410 g/mol. The topological polar surface area (TPSA) is 72.7 Å². The number of hydrogen-bond acceptors (Lipinski definition) is 5. The van der Waals surface area contributed by atoms with Gasteiger partial charge in [0.05, 0.1) is 11.4 Å². The fourth-order valence-corrected chi connectivity index (χ4v) is 3.99. The second-order valence-corrected chi connectivity index (χ2v) is 8.20. The van der Waals surface area contributed by atoms with Gasteiger partial charge in [-0.1, -0.05) is 54.9 Å². The second kappa shape index (κ2) is 9.69. The van der Waals surface area contributed by atoms with Gasteiger partial charge in [-0.15, -0.1) is 5.10 Å². The lowest BCUT2D eigenvalue weighted by Gasteiger charge is -2.12. The number of carbonyl (C=O) groups excluding carboxylic acids is 1. The van der Waals surface area contributed by atoms with E-state index in [4.69, 9.17) is 0 Å². The molecule has 0 aliphatic rings. The number of amides is 1. The molecule has 0 aliphatic heterocycles. The number of unbranched alkanes of at least 4 members (excludes halogenated alkanes) is 1. The van der Waals surface area contributed by atoms with Gasteiger partial charge in [0.15, 0.2) is 0 Å². The summed E-state index contributed by atoms with van der Waals surface area (Å²) in [6, 6.07) is 12.4. The number of carbonyl (C=O) groups is 1. The maximum atomic E-state index is 12.5. The Morgan fingerprint density at radius 2 is 1.79 bits per heavy atom. The van der Waals surface area contributed by atoms with Crippen molar-refractivity contribution in [3.05, 3.63) is 58.7 Å². The summed E-state index contributed by atoms with van der Waals surface area (Å²) in [5.41, 5.74) is 6.39. The molecule has 3 aromatic rings. The molecule has 152 valence electrons. The first-order chi connectivity index (χ1) is 14.0. The fraction of sp³-hybridized carbons (Fsp3) is 0.364. The molecule has 0 unspecified atom stereocenters. The van der Waals surface area contributed by atoms with Gasteiger partial charge in [-0.2, -0.15) is 4.68 Å². The summed E-state index contributed by atoms with van der Waals surface area (Å²) < 4.78 is 1.67. The molecule has 1 heterocycles. The summed E-state index contributed by atoms with van der Waals surface area (Å²) in [5, 5.41) is 15.5. The third kappa shape index (κ3) is 5.44. The van der Waals surface area contributed by atoms with Crippen molar-refractivity contribution in [2.24, 2.45) is 0 Å². The van der Waals surface area contributed by atoms with E-state index in [9.17, 15) is 4.79 Å². The highest BCUT2D eigenvalue weighted by atomic mass is 32.2. The highest BCUT2D eigenvalue weighted by molar-refractivity contribution is 7.99. The highest BCUT2D eigenvalue weighted by Gasteiger charge is 2.13. The first-order valence-electron chi connectivity index (χ1n) is 9.86. The van der Waals surface area contributed by atoms with Crippen LogP contribution in [0.15, 0.2) is 41.6 Å². The zero-order valence-corrected chi connectivity index (χ0v) is 18.2. The Labute approximate surface area is 176 Å². The van der Waals surface area contributed by atoms with E-state index >= 15 is 0 Å². The van der Waals surface area contributed by atoms with E-state index in [0.29, 0.717) is 5.16 Å². The van der Waals surface area contributed by atoms with E-state index in [0.717, 1.165) is 28.9 Å². The smallest absolute Gasteiger partial charge is 0.234 e. The van der Waals surface area contributed by atoms with Crippen molar-refractivity contribution in [3.8, 4) is 5.69 Å². The van der Waals surface area contributed by atoms with E-state index < -0.39 is 0 Å². The van der Waals surface area contributed by atoms with Crippen molar-refractivity contribution in [1.82, 2.24) is 20.2 Å². The lowest BCUT2D eigenvalue weighted by molar-refractivity contribution is -0.113. The number of rotatable bonds is 8. The van der Waals surface area contributed by atoms with Gasteiger partial charge in [-0.3, -0.25) is 4.79 Å². The molecule has 0 saturated carbocycles. The van der Waals surface area contributed by atoms with Crippen molar-refractivity contribution in [2.75, 3.05) is 11.1 Å². The van der Waals surface area contributed by atoms with E-state index in [1.54, 1.807) is 4.68 Å². The van der Waals surface area contributed by atoms with Crippen molar-refractivity contribution in [3.63, 3.8) is 0 Å². The fourth-order valence-electron chi connectivity index (χ4n) is 3.30. The molecule has 0 atom stereocenters. The molecule has 0 aliphatic carbocycles. The number of nitrogens with one attached hydrogen (secondary N) is 1. The van der Waals surface area contributed by atoms with Crippen molar-refractivity contribution >= 4 is 23.4 Å². The Kier molecular flexibility index (Phi) is 7.04. The van der Waals surface area contributed by atoms with Gasteiger partial charge in [0.2, 0.25) is 11.1 Å². The number of anilines is 1. The number of benzene rings is 2. The largest absolute Gasteiger partial charge is 0.325 e. The first kappa shape index (κ1) is 21.0. The lowest BCUT2D eigenvalue weighted by atomic mass is 10.1. The van der Waals surface area contributed by atoms with Gasteiger partial charge in [-0.05, 0) is 72.9 Å². The molecule has 29 heavy (non-hydrogen) atoms. The molecular weight excluding hydrogens is 382 g/mol. The van der Waals surface area contributed by atoms with E-state index in [1.807, 2.05) is 26.0 Å². The summed E-state index contributed by atoms with van der Waals surface area (Å²) in [5.74, 6) is 0.163. The van der Waals surface area contributed by atoms with Gasteiger partial charge in [0, 0.05) is 5.69 Å². The molecule has 1 aromatic heterocycles. The zero-order valence-electron chi connectivity index (χ0n) is 17.4. The SMILES string of the molecule is CCCCc1ccc(-n2nnnc2SCC(=O)Nc2c(C)cc(C)cc2C)cc1. The summed E-state index contributed by atoms with van der Waals surface area (Å²) in [7, 11) is 0. The summed E-state index contributed by atoms with van der Waals surface area (Å²) >= 11 is 1.32. The minimum Gasteiger partial charge on any atom is -0.325 e. The number of aromatic nitrogens is 4. The molecule has 6 nitrogen and oxygen atoms in total. The van der Waals surface area contributed by atoms with Crippen LogP contribution >= 0.6 is 11.8 Å². The molecule has 0 fully saturated rings. The summed E-state index contributed by atoms with van der Waals surface area (Å²) in [6.07, 6.45) is 3.44. The van der Waals surface area contributed by atoms with Crippen LogP contribution in [0.4, 0.5) is 5.69 Å². The van der Waals surface area contributed by atoms with Crippen LogP contribution in [-0.2, 0) is 11.2 Å². The average Bonchev–Trinajstić information content (AvgIpc) is 3.16.